The molecule has 1 aliphatic rings. The predicted molar refractivity (Wildman–Crippen MR) is 165 cm³/mol. The molecule has 3 N–H and O–H groups in total. The molecule has 5 heterocycles. The number of nitrogen functional groups attached to an aromatic ring is 1. The van der Waals surface area contributed by atoms with Crippen LogP contribution in [0.15, 0.2) is 83.0 Å². The van der Waals surface area contributed by atoms with Crippen LogP contribution < -0.4 is 11.3 Å². The number of para-hydroxylation sites is 1. The smallest absolute Gasteiger partial charge is 0.284 e. The Balaban J connectivity index is 1.44. The van der Waals surface area contributed by atoms with E-state index in [2.05, 4.69) is 34.8 Å². The first-order valence-electron chi connectivity index (χ1n) is 13.7. The Hall–Kier alpha value is -4.63. The van der Waals surface area contributed by atoms with Crippen molar-refractivity contribution < 1.29 is 0 Å². The SMILES string of the molecule is CCN(CC(C)c1nn2ccc(Cl)c2c(=O)n1-c1ccccc1)C1=CCCC=Nc2[nH]cc(-c3ccc(N)nc3)c21. The van der Waals surface area contributed by atoms with E-state index in [1.165, 1.54) is 0 Å². The number of nitrogens with zero attached hydrogens (tertiary/aromatic N) is 6. The molecule has 0 amide bonds. The Morgan fingerprint density at radius 1 is 1.15 bits per heavy atom. The molecule has 1 atom stereocenters. The van der Waals surface area contributed by atoms with Crippen molar-refractivity contribution in [1.29, 1.82) is 0 Å². The highest BCUT2D eigenvalue weighted by Gasteiger charge is 2.26. The maximum atomic E-state index is 13.8. The lowest BCUT2D eigenvalue weighted by molar-refractivity contribution is 0.380. The number of fused-ring (bicyclic) bond motifs is 2. The van der Waals surface area contributed by atoms with Gasteiger partial charge >= 0.3 is 0 Å². The topological polar surface area (TPSA) is 110 Å². The van der Waals surface area contributed by atoms with Gasteiger partial charge in [-0.05, 0) is 50.1 Å². The van der Waals surface area contributed by atoms with E-state index in [0.29, 0.717) is 28.7 Å². The van der Waals surface area contributed by atoms with E-state index in [9.17, 15) is 4.79 Å². The summed E-state index contributed by atoms with van der Waals surface area (Å²) in [7, 11) is 0. The van der Waals surface area contributed by atoms with Crippen LogP contribution in [0.2, 0.25) is 5.02 Å². The van der Waals surface area contributed by atoms with Crippen LogP contribution in [-0.4, -0.2) is 48.4 Å². The minimum atomic E-state index is -0.198. The van der Waals surface area contributed by atoms with Crippen molar-refractivity contribution in [2.45, 2.75) is 32.6 Å². The molecule has 10 heteroatoms. The van der Waals surface area contributed by atoms with Crippen LogP contribution in [0.3, 0.4) is 0 Å². The number of aromatic nitrogens is 5. The number of allylic oxidation sites excluding steroid dienone is 1. The number of rotatable bonds is 7. The van der Waals surface area contributed by atoms with Crippen LogP contribution in [0.5, 0.6) is 0 Å². The molecular formula is C31H31ClN8O. The Labute approximate surface area is 242 Å². The summed E-state index contributed by atoms with van der Waals surface area (Å²) in [6, 6.07) is 15.1. The molecule has 6 rings (SSSR count). The first-order valence-corrected chi connectivity index (χ1v) is 14.1. The zero-order valence-corrected chi connectivity index (χ0v) is 23.7. The number of aromatic amines is 1. The van der Waals surface area contributed by atoms with Crippen molar-refractivity contribution in [2.24, 2.45) is 4.99 Å². The number of H-pyrrole nitrogens is 1. The lowest BCUT2D eigenvalue weighted by Gasteiger charge is -2.31. The third kappa shape index (κ3) is 4.93. The molecule has 1 unspecified atom stereocenters. The van der Waals surface area contributed by atoms with Crippen LogP contribution in [0, 0.1) is 0 Å². The van der Waals surface area contributed by atoms with Gasteiger partial charge < -0.3 is 15.6 Å². The maximum Gasteiger partial charge on any atom is 0.284 e. The second-order valence-electron chi connectivity index (χ2n) is 10.1. The zero-order chi connectivity index (χ0) is 28.5. The number of halogens is 1. The van der Waals surface area contributed by atoms with E-state index < -0.39 is 0 Å². The molecule has 41 heavy (non-hydrogen) atoms. The van der Waals surface area contributed by atoms with Crippen molar-refractivity contribution in [1.82, 2.24) is 29.0 Å². The third-order valence-corrected chi connectivity index (χ3v) is 7.71. The van der Waals surface area contributed by atoms with Crippen LogP contribution in [0.25, 0.3) is 28.0 Å². The van der Waals surface area contributed by atoms with Crippen LogP contribution in [-0.2, 0) is 0 Å². The average Bonchev–Trinajstić information content (AvgIpc) is 3.56. The lowest BCUT2D eigenvalue weighted by Crippen LogP contribution is -2.32. The average molecular weight is 567 g/mol. The van der Waals surface area contributed by atoms with Crippen molar-refractivity contribution in [2.75, 3.05) is 18.8 Å². The number of anilines is 1. The van der Waals surface area contributed by atoms with Crippen molar-refractivity contribution >= 4 is 40.7 Å². The van der Waals surface area contributed by atoms with E-state index in [0.717, 1.165) is 53.3 Å². The van der Waals surface area contributed by atoms with Gasteiger partial charge in [0.2, 0.25) is 0 Å². The molecule has 208 valence electrons. The minimum Gasteiger partial charge on any atom is -0.384 e. The van der Waals surface area contributed by atoms with E-state index in [-0.39, 0.29) is 11.5 Å². The summed E-state index contributed by atoms with van der Waals surface area (Å²) in [6.07, 6.45) is 11.4. The number of pyridine rings is 1. The largest absolute Gasteiger partial charge is 0.384 e. The number of likely N-dealkylation sites (N-methyl/N-ethyl adjacent to an activating group) is 1. The second kappa shape index (κ2) is 11.1. The van der Waals surface area contributed by atoms with Crippen LogP contribution >= 0.6 is 11.6 Å². The van der Waals surface area contributed by atoms with Gasteiger partial charge in [0.1, 0.15) is 23.0 Å². The molecule has 1 aliphatic heterocycles. The first kappa shape index (κ1) is 26.6. The van der Waals surface area contributed by atoms with Crippen molar-refractivity contribution in [3.05, 3.63) is 100.0 Å². The summed E-state index contributed by atoms with van der Waals surface area (Å²) in [5, 5.41) is 5.29. The van der Waals surface area contributed by atoms with Gasteiger partial charge in [-0.1, -0.05) is 42.8 Å². The van der Waals surface area contributed by atoms with Gasteiger partial charge in [-0.25, -0.2) is 14.5 Å². The molecule has 0 radical (unpaired) electrons. The molecule has 5 aromatic rings. The summed E-state index contributed by atoms with van der Waals surface area (Å²) >= 11 is 6.40. The normalized spacial score (nSPS) is 13.9. The minimum absolute atomic E-state index is 0.118. The third-order valence-electron chi connectivity index (χ3n) is 7.40. The zero-order valence-electron chi connectivity index (χ0n) is 23.0. The molecule has 9 nitrogen and oxygen atoms in total. The summed E-state index contributed by atoms with van der Waals surface area (Å²) in [4.78, 5) is 28.6. The molecule has 0 saturated heterocycles. The summed E-state index contributed by atoms with van der Waals surface area (Å²) in [5.74, 6) is 1.81. The predicted octanol–water partition coefficient (Wildman–Crippen LogP) is 6.07. The Morgan fingerprint density at radius 2 is 1.98 bits per heavy atom. The van der Waals surface area contributed by atoms with Crippen molar-refractivity contribution in [3.63, 3.8) is 0 Å². The Bertz CT molecular complexity index is 1810. The highest BCUT2D eigenvalue weighted by molar-refractivity contribution is 6.33. The summed E-state index contributed by atoms with van der Waals surface area (Å²) in [6.45, 7) is 5.61. The van der Waals surface area contributed by atoms with E-state index in [1.54, 1.807) is 27.5 Å². The fraction of sp³-hybridized carbons (Fsp3) is 0.226. The fourth-order valence-electron chi connectivity index (χ4n) is 5.41. The monoisotopic (exact) mass is 566 g/mol. The van der Waals surface area contributed by atoms with E-state index in [4.69, 9.17) is 27.4 Å². The van der Waals surface area contributed by atoms with Gasteiger partial charge in [-0.15, -0.1) is 0 Å². The number of hydrogen-bond donors (Lipinski definition) is 2. The number of aliphatic imine (C=N–C) groups is 1. The highest BCUT2D eigenvalue weighted by atomic mass is 35.5. The Kier molecular flexibility index (Phi) is 7.19. The van der Waals surface area contributed by atoms with E-state index >= 15 is 0 Å². The Morgan fingerprint density at radius 3 is 2.73 bits per heavy atom. The standard InChI is InChI=1S/C31H31ClN8O/c1-3-38(25-11-7-8-15-34-29-27(25)23(18-36-29)21-12-13-26(33)35-17-21)19-20(2)30-37-39-16-14-24(32)28(39)31(41)40(30)22-9-5-4-6-10-22/h4-6,9-18,20,36H,3,7-8,19H2,1-2H3,(H2,33,35). The van der Waals surface area contributed by atoms with Crippen LogP contribution in [0.1, 0.15) is 44.0 Å². The van der Waals surface area contributed by atoms with Gasteiger partial charge in [0.05, 0.1) is 10.7 Å². The molecular weight excluding hydrogens is 536 g/mol. The molecule has 0 bridgehead atoms. The van der Waals surface area contributed by atoms with E-state index in [1.807, 2.05) is 54.9 Å². The maximum absolute atomic E-state index is 13.8. The number of nitrogens with two attached hydrogens (primary N) is 1. The second-order valence-corrected chi connectivity index (χ2v) is 10.5. The summed E-state index contributed by atoms with van der Waals surface area (Å²) in [5.41, 5.74) is 10.8. The molecule has 4 aromatic heterocycles. The van der Waals surface area contributed by atoms with Crippen molar-refractivity contribution in [3.8, 4) is 16.8 Å². The first-order chi connectivity index (χ1) is 20.0. The number of nitrogens with one attached hydrogen (secondary N) is 1. The molecule has 0 spiro atoms. The summed E-state index contributed by atoms with van der Waals surface area (Å²) < 4.78 is 3.27. The quantitative estimate of drug-likeness (QED) is 0.248. The molecule has 1 aromatic carbocycles. The van der Waals surface area contributed by atoms with Gasteiger partial charge in [0, 0.05) is 66.2 Å². The lowest BCUT2D eigenvalue weighted by atomic mass is 9.99. The number of benzene rings is 1. The molecule has 0 aliphatic carbocycles. The fourth-order valence-corrected chi connectivity index (χ4v) is 5.63. The van der Waals surface area contributed by atoms with Crippen LogP contribution in [0.4, 0.5) is 11.6 Å². The van der Waals surface area contributed by atoms with Gasteiger partial charge in [0.15, 0.2) is 0 Å². The molecule has 0 fully saturated rings. The van der Waals surface area contributed by atoms with Gasteiger partial charge in [-0.2, -0.15) is 5.10 Å². The van der Waals surface area contributed by atoms with Gasteiger partial charge in [-0.3, -0.25) is 9.36 Å². The highest BCUT2D eigenvalue weighted by Crippen LogP contribution is 2.39. The van der Waals surface area contributed by atoms with Gasteiger partial charge in [0.25, 0.3) is 5.56 Å². The number of hydrogen-bond acceptors (Lipinski definition) is 6. The molecule has 0 saturated carbocycles.